The van der Waals surface area contributed by atoms with Crippen LogP contribution >= 0.6 is 11.6 Å². The van der Waals surface area contributed by atoms with Gasteiger partial charge in [-0.2, -0.15) is 10.2 Å². The topological polar surface area (TPSA) is 239 Å². The number of carbonyl (C=O) groups excluding carboxylic acids is 4. The number of carboxylic acids is 2. The number of carboxylic acid groups (broad SMARTS) is 2. The van der Waals surface area contributed by atoms with Crippen LogP contribution in [-0.4, -0.2) is 76.7 Å². The molecule has 3 fully saturated rings. The fourth-order valence-electron chi connectivity index (χ4n) is 9.84. The molecule has 0 radical (unpaired) electrons. The number of amides is 4. The van der Waals surface area contributed by atoms with Crippen LogP contribution in [0.25, 0.3) is 11.3 Å². The van der Waals surface area contributed by atoms with Crippen molar-refractivity contribution in [1.82, 2.24) is 45.6 Å². The third-order valence-corrected chi connectivity index (χ3v) is 14.6. The molecule has 3 saturated carbocycles. The summed E-state index contributed by atoms with van der Waals surface area (Å²) in [6.45, 7) is 11.7. The first kappa shape index (κ1) is 55.6. The fraction of sp³-hybridized carbons (Fsp3) is 0.327. The zero-order valence-corrected chi connectivity index (χ0v) is 43.0. The number of nitrogens with one attached hydrogen (secondary N) is 4. The van der Waals surface area contributed by atoms with Crippen molar-refractivity contribution in [2.24, 2.45) is 10.8 Å². The Morgan fingerprint density at radius 1 is 0.776 bits per heavy atom. The average molecular weight is 1060 g/mol. The molecule has 1 unspecified atom stereocenters. The second-order valence-electron chi connectivity index (χ2n) is 18.9. The minimum Gasteiger partial charge on any atom is -0.481 e. The van der Waals surface area contributed by atoms with Crippen LogP contribution in [0.1, 0.15) is 130 Å². The van der Waals surface area contributed by atoms with Gasteiger partial charge in [-0.3, -0.25) is 24.0 Å². The summed E-state index contributed by atoms with van der Waals surface area (Å²) in [6, 6.07) is 15.1. The van der Waals surface area contributed by atoms with Crippen LogP contribution < -0.4 is 21.3 Å². The lowest BCUT2D eigenvalue weighted by atomic mass is 9.53. The minimum absolute atomic E-state index is 0.0384. The Kier molecular flexibility index (Phi) is 17.3. The third-order valence-electron chi connectivity index (χ3n) is 14.3. The van der Waals surface area contributed by atoms with E-state index in [0.717, 1.165) is 42.5 Å². The Balaban J connectivity index is 0.000000214. The molecule has 6 N–H and O–H groups in total. The second-order valence-corrected chi connectivity index (χ2v) is 19.3. The zero-order valence-electron chi connectivity index (χ0n) is 42.2. The van der Waals surface area contributed by atoms with Crippen LogP contribution in [0, 0.1) is 42.1 Å². The van der Waals surface area contributed by atoms with E-state index in [1.54, 1.807) is 32.0 Å². The molecular weight excluding hydrogens is 1010 g/mol. The van der Waals surface area contributed by atoms with Crippen molar-refractivity contribution in [2.75, 3.05) is 6.54 Å². The number of aryl methyl sites for hydroxylation is 1. The molecule has 17 nitrogen and oxygen atoms in total. The molecule has 3 heterocycles. The number of aromatic carboxylic acids is 1. The van der Waals surface area contributed by atoms with Crippen LogP contribution in [0.15, 0.2) is 97.4 Å². The normalized spacial score (nSPS) is 18.3. The Hall–Kier alpha value is -8.13. The number of benzene rings is 3. The van der Waals surface area contributed by atoms with Crippen molar-refractivity contribution in [2.45, 2.75) is 98.2 Å². The van der Waals surface area contributed by atoms with Crippen LogP contribution in [0.2, 0.25) is 5.02 Å². The largest absolute Gasteiger partial charge is 0.481 e. The summed E-state index contributed by atoms with van der Waals surface area (Å²) in [5, 5.41) is 38.6. The van der Waals surface area contributed by atoms with Crippen LogP contribution in [0.4, 0.5) is 13.2 Å². The highest BCUT2D eigenvalue weighted by molar-refractivity contribution is 6.30. The molecule has 398 valence electrons. The van der Waals surface area contributed by atoms with Gasteiger partial charge < -0.3 is 31.5 Å². The van der Waals surface area contributed by atoms with Gasteiger partial charge in [0.25, 0.3) is 23.6 Å². The van der Waals surface area contributed by atoms with Crippen molar-refractivity contribution in [1.29, 1.82) is 0 Å². The summed E-state index contributed by atoms with van der Waals surface area (Å²) in [7, 11) is 0. The fourth-order valence-corrected chi connectivity index (χ4v) is 10.0. The quantitative estimate of drug-likeness (QED) is 0.0420. The number of fused-ring (bicyclic) bond motifs is 5. The number of aliphatic carboxylic acids is 1. The highest BCUT2D eigenvalue weighted by Gasteiger charge is 2.52. The number of aromatic nitrogens is 5. The molecule has 3 aromatic carbocycles. The maximum Gasteiger partial charge on any atom is 0.335 e. The molecule has 76 heavy (non-hydrogen) atoms. The average Bonchev–Trinajstić information content (AvgIpc) is 4.20. The minimum atomic E-state index is -1.02. The summed E-state index contributed by atoms with van der Waals surface area (Å²) < 4.78 is 42.8. The Bertz CT molecular complexity index is 3270. The summed E-state index contributed by atoms with van der Waals surface area (Å²) in [5.74, 6) is -6.26. The molecule has 4 aliphatic carbocycles. The summed E-state index contributed by atoms with van der Waals surface area (Å²) in [4.78, 5) is 79.6. The van der Waals surface area contributed by atoms with E-state index in [4.69, 9.17) is 11.6 Å². The molecule has 0 aliphatic heterocycles. The monoisotopic (exact) mass is 1060 g/mol. The molecule has 4 amide bonds. The van der Waals surface area contributed by atoms with Gasteiger partial charge in [0.15, 0.2) is 17.3 Å². The molecule has 0 spiro atoms. The second kappa shape index (κ2) is 23.6. The number of hydrogen-bond donors (Lipinski definition) is 6. The van der Waals surface area contributed by atoms with Gasteiger partial charge in [-0.05, 0) is 141 Å². The Labute approximate surface area is 440 Å². The summed E-state index contributed by atoms with van der Waals surface area (Å²) in [5.41, 5.74) is 4.13. The van der Waals surface area contributed by atoms with Gasteiger partial charge in [0.1, 0.15) is 22.9 Å². The van der Waals surface area contributed by atoms with Gasteiger partial charge in [0, 0.05) is 49.2 Å². The van der Waals surface area contributed by atoms with Gasteiger partial charge in [-0.25, -0.2) is 32.1 Å². The molecular formula is C55H57ClF3N9O8. The molecule has 3 aromatic heterocycles. The third kappa shape index (κ3) is 12.2. The van der Waals surface area contributed by atoms with E-state index in [1.165, 1.54) is 64.1 Å². The van der Waals surface area contributed by atoms with Crippen LogP contribution in [0.5, 0.6) is 0 Å². The van der Waals surface area contributed by atoms with Crippen molar-refractivity contribution in [3.05, 3.63) is 170 Å². The van der Waals surface area contributed by atoms with Crippen LogP contribution in [-0.2, 0) is 33.9 Å². The first-order valence-electron chi connectivity index (χ1n) is 24.7. The van der Waals surface area contributed by atoms with Crippen molar-refractivity contribution in [3.8, 4) is 0 Å². The molecule has 4 aliphatic rings. The van der Waals surface area contributed by atoms with Crippen molar-refractivity contribution >= 4 is 58.5 Å². The van der Waals surface area contributed by atoms with Gasteiger partial charge >= 0.3 is 11.9 Å². The number of hydrogen-bond acceptors (Lipinski definition) is 9. The Morgan fingerprint density at radius 2 is 1.43 bits per heavy atom. The van der Waals surface area contributed by atoms with E-state index in [-0.39, 0.29) is 63.7 Å². The maximum atomic E-state index is 13.5. The SMILES string of the molecule is C=C(/C=C(/C(=O)NC1CCc2c1ccc(C(=O)O)c2C)n1nccc1C)C(=O)NCc1ccc(F)c(F)c1.CC.O=C(NCc1ccc(F)c(Cl)c1)c1cc(C(=O)NCC23CCC(C(=O)O)(CC2)CC3)n2nccc2n1. The molecule has 10 rings (SSSR count). The predicted molar refractivity (Wildman–Crippen MR) is 275 cm³/mol. The van der Waals surface area contributed by atoms with Gasteiger partial charge in [-0.1, -0.05) is 50.2 Å². The van der Waals surface area contributed by atoms with E-state index in [0.29, 0.717) is 66.7 Å². The van der Waals surface area contributed by atoms with Crippen molar-refractivity contribution in [3.63, 3.8) is 0 Å². The van der Waals surface area contributed by atoms with Crippen LogP contribution in [0.3, 0.4) is 0 Å². The predicted octanol–water partition coefficient (Wildman–Crippen LogP) is 8.63. The number of halogens is 4. The lowest BCUT2D eigenvalue weighted by Gasteiger charge is -2.51. The molecule has 21 heteroatoms. The molecule has 2 bridgehead atoms. The first-order valence-corrected chi connectivity index (χ1v) is 25.0. The summed E-state index contributed by atoms with van der Waals surface area (Å²) >= 11 is 5.80. The van der Waals surface area contributed by atoms with E-state index < -0.39 is 52.5 Å². The van der Waals surface area contributed by atoms with E-state index >= 15 is 0 Å². The lowest BCUT2D eigenvalue weighted by molar-refractivity contribution is -0.158. The lowest BCUT2D eigenvalue weighted by Crippen LogP contribution is -2.50. The van der Waals surface area contributed by atoms with Gasteiger partial charge in [-0.15, -0.1) is 0 Å². The number of rotatable bonds is 15. The van der Waals surface area contributed by atoms with E-state index in [2.05, 4.69) is 43.0 Å². The highest BCUT2D eigenvalue weighted by Crippen LogP contribution is 2.56. The molecule has 6 aromatic rings. The van der Waals surface area contributed by atoms with E-state index in [1.807, 2.05) is 13.8 Å². The molecule has 0 saturated heterocycles. The van der Waals surface area contributed by atoms with E-state index in [9.17, 15) is 52.2 Å². The summed E-state index contributed by atoms with van der Waals surface area (Å²) in [6.07, 6.45) is 9.68. The zero-order chi connectivity index (χ0) is 55.1. The highest BCUT2D eigenvalue weighted by atomic mass is 35.5. The molecule has 1 atom stereocenters. The van der Waals surface area contributed by atoms with Gasteiger partial charge in [0.2, 0.25) is 0 Å². The number of carbonyl (C=O) groups is 6. The van der Waals surface area contributed by atoms with Crippen molar-refractivity contribution < 1.29 is 52.2 Å². The van der Waals surface area contributed by atoms with Gasteiger partial charge in [0.05, 0.1) is 28.2 Å². The number of nitrogens with zero attached hydrogens (tertiary/aromatic N) is 5. The standard InChI is InChI=1S/C28H26F2N4O4.C25H25ClFN5O4.C2H6/c1-15(26(35)31-14-18-4-8-22(29)23(30)13-18)12-25(34-16(2)10-11-32-34)27(36)33-24-9-7-19-17(3)20(28(37)38)5-6-21(19)24;26-16-11-15(1-2-17(16)27)13-28-21(33)18-12-19(32-20(31-18)3-10-30-32)22(34)29-14-24-4-7-25(8-5-24,9-6-24)23(35)36;1-2/h4-6,8,10-13,24H,1,7,9,14H2,2-3H3,(H,31,35)(H,33,36)(H,37,38);1-3,10-12H,4-9,13-14H2,(H,28,33)(H,29,34)(H,35,36);1-2H3/b25-12-;;. The maximum absolute atomic E-state index is 13.5. The smallest absolute Gasteiger partial charge is 0.335 e. The Morgan fingerprint density at radius 3 is 2.07 bits per heavy atom. The first-order chi connectivity index (χ1) is 36.3.